The van der Waals surface area contributed by atoms with Gasteiger partial charge in [0.15, 0.2) is 0 Å². The van der Waals surface area contributed by atoms with Crippen LogP contribution in [0.5, 0.6) is 5.75 Å². The third-order valence-electron chi connectivity index (χ3n) is 2.94. The molecular weight excluding hydrogens is 389 g/mol. The van der Waals surface area contributed by atoms with Gasteiger partial charge in [0.1, 0.15) is 11.6 Å². The van der Waals surface area contributed by atoms with Crippen molar-refractivity contribution >= 4 is 37.5 Å². The summed E-state index contributed by atoms with van der Waals surface area (Å²) in [5.41, 5.74) is 2.87. The third kappa shape index (κ3) is 3.52. The Balaban J connectivity index is 2.17. The predicted octanol–water partition coefficient (Wildman–Crippen LogP) is 5.28. The highest BCUT2D eigenvalue weighted by atomic mass is 79.9. The zero-order chi connectivity index (χ0) is 14.7. The molecule has 0 amide bonds. The summed E-state index contributed by atoms with van der Waals surface area (Å²) in [6.07, 6.45) is 0. The van der Waals surface area contributed by atoms with E-state index in [1.807, 2.05) is 19.1 Å². The number of ether oxygens (including phenoxy) is 1. The second-order valence-corrected chi connectivity index (χ2v) is 6.11. The molecule has 2 nitrogen and oxygen atoms in total. The number of hydrogen-bond donors (Lipinski definition) is 1. The second-order valence-electron chi connectivity index (χ2n) is 4.41. The van der Waals surface area contributed by atoms with Crippen LogP contribution in [0, 0.1) is 12.7 Å². The van der Waals surface area contributed by atoms with Crippen molar-refractivity contribution in [1.82, 2.24) is 0 Å². The first-order valence-electron chi connectivity index (χ1n) is 6.03. The smallest absolute Gasteiger partial charge is 0.147 e. The molecule has 0 spiro atoms. The number of hydrogen-bond acceptors (Lipinski definition) is 2. The minimum Gasteiger partial charge on any atom is -0.494 e. The van der Waals surface area contributed by atoms with Gasteiger partial charge in [-0.25, -0.2) is 4.39 Å². The van der Waals surface area contributed by atoms with Crippen LogP contribution in [0.4, 0.5) is 10.1 Å². The molecule has 20 heavy (non-hydrogen) atoms. The molecule has 1 N–H and O–H groups in total. The van der Waals surface area contributed by atoms with E-state index >= 15 is 0 Å². The Labute approximate surface area is 134 Å². The zero-order valence-corrected chi connectivity index (χ0v) is 14.3. The molecule has 5 heteroatoms. The summed E-state index contributed by atoms with van der Waals surface area (Å²) < 4.78 is 20.2. The lowest BCUT2D eigenvalue weighted by atomic mass is 10.1. The van der Waals surface area contributed by atoms with E-state index in [4.69, 9.17) is 4.74 Å². The number of benzene rings is 2. The van der Waals surface area contributed by atoms with E-state index in [1.54, 1.807) is 13.2 Å². The summed E-state index contributed by atoms with van der Waals surface area (Å²) in [6.45, 7) is 2.55. The van der Waals surface area contributed by atoms with Crippen LogP contribution in [-0.2, 0) is 6.54 Å². The van der Waals surface area contributed by atoms with Gasteiger partial charge >= 0.3 is 0 Å². The quantitative estimate of drug-likeness (QED) is 0.751. The monoisotopic (exact) mass is 401 g/mol. The first kappa shape index (κ1) is 15.3. The number of aryl methyl sites for hydroxylation is 1. The minimum atomic E-state index is -0.241. The highest BCUT2D eigenvalue weighted by Crippen LogP contribution is 2.34. The highest BCUT2D eigenvalue weighted by molar-refractivity contribution is 9.11. The molecule has 106 valence electrons. The van der Waals surface area contributed by atoms with E-state index in [9.17, 15) is 4.39 Å². The SMILES string of the molecule is COc1c(Br)cc(CNc2cc(F)ccc2C)cc1Br. The molecule has 0 aliphatic carbocycles. The van der Waals surface area contributed by atoms with Crippen molar-refractivity contribution in [2.75, 3.05) is 12.4 Å². The fourth-order valence-corrected chi connectivity index (χ4v) is 3.50. The van der Waals surface area contributed by atoms with Crippen LogP contribution < -0.4 is 10.1 Å². The normalized spacial score (nSPS) is 10.4. The van der Waals surface area contributed by atoms with Gasteiger partial charge in [-0.15, -0.1) is 0 Å². The molecule has 0 radical (unpaired) electrons. The summed E-state index contributed by atoms with van der Waals surface area (Å²) in [7, 11) is 1.62. The number of nitrogens with one attached hydrogen (secondary N) is 1. The van der Waals surface area contributed by atoms with Crippen molar-refractivity contribution < 1.29 is 9.13 Å². The topological polar surface area (TPSA) is 21.3 Å². The molecule has 0 heterocycles. The lowest BCUT2D eigenvalue weighted by Gasteiger charge is -2.12. The van der Waals surface area contributed by atoms with Gasteiger partial charge in [-0.05, 0) is 74.2 Å². The maximum Gasteiger partial charge on any atom is 0.147 e. The number of halogens is 3. The number of anilines is 1. The average molecular weight is 403 g/mol. The van der Waals surface area contributed by atoms with E-state index in [0.717, 1.165) is 31.5 Å². The summed E-state index contributed by atoms with van der Waals surface area (Å²) in [6, 6.07) is 8.68. The Morgan fingerprint density at radius 3 is 2.40 bits per heavy atom. The van der Waals surface area contributed by atoms with E-state index in [2.05, 4.69) is 37.2 Å². The van der Waals surface area contributed by atoms with Crippen molar-refractivity contribution in [2.45, 2.75) is 13.5 Å². The van der Waals surface area contributed by atoms with Crippen LogP contribution in [0.1, 0.15) is 11.1 Å². The first-order chi connectivity index (χ1) is 9.51. The molecule has 0 aromatic heterocycles. The Bertz CT molecular complexity index is 608. The second kappa shape index (κ2) is 6.59. The fraction of sp³-hybridized carbons (Fsp3) is 0.200. The Morgan fingerprint density at radius 1 is 1.15 bits per heavy atom. The molecule has 0 fully saturated rings. The summed E-state index contributed by atoms with van der Waals surface area (Å²) in [5, 5.41) is 3.24. The van der Waals surface area contributed by atoms with Crippen molar-refractivity contribution in [3.8, 4) is 5.75 Å². The molecule has 0 saturated carbocycles. The third-order valence-corrected chi connectivity index (χ3v) is 4.12. The van der Waals surface area contributed by atoms with Crippen LogP contribution >= 0.6 is 31.9 Å². The molecule has 2 aromatic rings. The fourth-order valence-electron chi connectivity index (χ4n) is 1.89. The van der Waals surface area contributed by atoms with Gasteiger partial charge in [0.25, 0.3) is 0 Å². The maximum absolute atomic E-state index is 13.2. The summed E-state index contributed by atoms with van der Waals surface area (Å²) in [5.74, 6) is 0.519. The van der Waals surface area contributed by atoms with Crippen molar-refractivity contribution in [3.63, 3.8) is 0 Å². The lowest BCUT2D eigenvalue weighted by molar-refractivity contribution is 0.409. The van der Waals surface area contributed by atoms with Gasteiger partial charge in [-0.1, -0.05) is 6.07 Å². The molecule has 0 atom stereocenters. The number of rotatable bonds is 4. The highest BCUT2D eigenvalue weighted by Gasteiger charge is 2.08. The van der Waals surface area contributed by atoms with Crippen molar-refractivity contribution in [3.05, 3.63) is 56.2 Å². The summed E-state index contributed by atoms with van der Waals surface area (Å²) in [4.78, 5) is 0. The van der Waals surface area contributed by atoms with Crippen LogP contribution in [0.2, 0.25) is 0 Å². The molecule has 0 unspecified atom stereocenters. The van der Waals surface area contributed by atoms with Crippen LogP contribution in [0.25, 0.3) is 0 Å². The Morgan fingerprint density at radius 2 is 1.80 bits per heavy atom. The Kier molecular flexibility index (Phi) is 5.05. The first-order valence-corrected chi connectivity index (χ1v) is 7.62. The predicted molar refractivity (Wildman–Crippen MR) is 86.9 cm³/mol. The summed E-state index contributed by atoms with van der Waals surface area (Å²) >= 11 is 6.94. The minimum absolute atomic E-state index is 0.241. The van der Waals surface area contributed by atoms with Crippen LogP contribution in [0.15, 0.2) is 39.3 Å². The number of methoxy groups -OCH3 is 1. The van der Waals surface area contributed by atoms with E-state index in [-0.39, 0.29) is 5.82 Å². The van der Waals surface area contributed by atoms with E-state index in [0.29, 0.717) is 6.54 Å². The lowest BCUT2D eigenvalue weighted by Crippen LogP contribution is -2.02. The molecule has 0 aliphatic rings. The average Bonchev–Trinajstić information content (AvgIpc) is 2.39. The Hall–Kier alpha value is -1.07. The van der Waals surface area contributed by atoms with Gasteiger partial charge < -0.3 is 10.1 Å². The van der Waals surface area contributed by atoms with E-state index in [1.165, 1.54) is 12.1 Å². The van der Waals surface area contributed by atoms with Gasteiger partial charge in [-0.2, -0.15) is 0 Å². The molecule has 0 saturated heterocycles. The van der Waals surface area contributed by atoms with E-state index < -0.39 is 0 Å². The molecule has 2 rings (SSSR count). The van der Waals surface area contributed by atoms with Crippen LogP contribution in [0.3, 0.4) is 0 Å². The van der Waals surface area contributed by atoms with Gasteiger partial charge in [0.05, 0.1) is 16.1 Å². The molecular formula is C15H14Br2FNO. The standard InChI is InChI=1S/C15H14Br2FNO/c1-9-3-4-11(18)7-14(9)19-8-10-5-12(16)15(20-2)13(17)6-10/h3-7,19H,8H2,1-2H3. The zero-order valence-electron chi connectivity index (χ0n) is 11.1. The van der Waals surface area contributed by atoms with Crippen LogP contribution in [-0.4, -0.2) is 7.11 Å². The molecule has 0 bridgehead atoms. The van der Waals surface area contributed by atoms with Crippen molar-refractivity contribution in [1.29, 1.82) is 0 Å². The largest absolute Gasteiger partial charge is 0.494 e. The maximum atomic E-state index is 13.2. The van der Waals surface area contributed by atoms with Gasteiger partial charge in [-0.3, -0.25) is 0 Å². The van der Waals surface area contributed by atoms with Gasteiger partial charge in [0.2, 0.25) is 0 Å². The van der Waals surface area contributed by atoms with Gasteiger partial charge in [0, 0.05) is 12.2 Å². The molecule has 2 aromatic carbocycles. The molecule has 0 aliphatic heterocycles. The van der Waals surface area contributed by atoms with Crippen molar-refractivity contribution in [2.24, 2.45) is 0 Å².